The zero-order valence-corrected chi connectivity index (χ0v) is 10.9. The Hall–Kier alpha value is -2.28. The summed E-state index contributed by atoms with van der Waals surface area (Å²) in [5.74, 6) is -0.204. The molecule has 1 aromatic carbocycles. The van der Waals surface area contributed by atoms with Gasteiger partial charge >= 0.3 is 0 Å². The second-order valence-electron chi connectivity index (χ2n) is 4.53. The third-order valence-electron chi connectivity index (χ3n) is 2.99. The van der Waals surface area contributed by atoms with Gasteiger partial charge in [-0.15, -0.1) is 5.10 Å². The molecule has 0 saturated heterocycles. The minimum Gasteiger partial charge on any atom is -0.325 e. The van der Waals surface area contributed by atoms with Crippen LogP contribution in [0.1, 0.15) is 20.3 Å². The molecule has 19 heavy (non-hydrogen) atoms. The van der Waals surface area contributed by atoms with Crippen LogP contribution in [0.5, 0.6) is 0 Å². The molecule has 0 fully saturated rings. The lowest BCUT2D eigenvalue weighted by atomic mass is 9.99. The molecule has 0 aliphatic heterocycles. The molecule has 2 aromatic rings. The van der Waals surface area contributed by atoms with Gasteiger partial charge in [-0.25, -0.2) is 4.68 Å². The maximum atomic E-state index is 11.9. The summed E-state index contributed by atoms with van der Waals surface area (Å²) < 4.78 is 1.53. The summed E-state index contributed by atoms with van der Waals surface area (Å²) in [6.07, 6.45) is 2.07. The van der Waals surface area contributed by atoms with Gasteiger partial charge in [-0.05, 0) is 48.0 Å². The molecular weight excluding hydrogens is 244 g/mol. The first-order valence-electron chi connectivity index (χ1n) is 5.96. The van der Waals surface area contributed by atoms with Gasteiger partial charge < -0.3 is 11.1 Å². The molecule has 0 radical (unpaired) electrons. The summed E-state index contributed by atoms with van der Waals surface area (Å²) in [7, 11) is 0. The van der Waals surface area contributed by atoms with E-state index < -0.39 is 5.54 Å². The van der Waals surface area contributed by atoms with Crippen LogP contribution >= 0.6 is 0 Å². The Bertz CT molecular complexity index is 546. The highest BCUT2D eigenvalue weighted by Crippen LogP contribution is 2.14. The number of rotatable bonds is 4. The Labute approximate surface area is 110 Å². The number of nitrogens with zero attached hydrogens (tertiary/aromatic N) is 4. The number of aromatic nitrogens is 4. The highest BCUT2D eigenvalue weighted by atomic mass is 16.2. The second-order valence-corrected chi connectivity index (χ2v) is 4.53. The summed E-state index contributed by atoms with van der Waals surface area (Å²) in [5.41, 5.74) is 6.51. The lowest BCUT2D eigenvalue weighted by molar-refractivity contribution is -0.120. The molecule has 7 nitrogen and oxygen atoms in total. The van der Waals surface area contributed by atoms with Crippen molar-refractivity contribution in [2.45, 2.75) is 25.8 Å². The van der Waals surface area contributed by atoms with Crippen molar-refractivity contribution < 1.29 is 4.79 Å². The standard InChI is InChI=1S/C12H16N6O/c1-3-12(2,13)11(19)15-9-4-6-10(7-5-9)18-8-14-16-17-18/h4-8H,3,13H2,1-2H3,(H,15,19). The first-order valence-corrected chi connectivity index (χ1v) is 5.96. The first kappa shape index (κ1) is 13.2. The number of carbonyl (C=O) groups is 1. The maximum absolute atomic E-state index is 11.9. The predicted octanol–water partition coefficient (Wildman–Crippen LogP) is 0.728. The van der Waals surface area contributed by atoms with Crippen molar-refractivity contribution in [3.63, 3.8) is 0 Å². The lowest BCUT2D eigenvalue weighted by Crippen LogP contribution is -2.47. The van der Waals surface area contributed by atoms with Crippen LogP contribution in [0.3, 0.4) is 0 Å². The number of nitrogens with two attached hydrogens (primary N) is 1. The van der Waals surface area contributed by atoms with Crippen molar-refractivity contribution in [1.82, 2.24) is 20.2 Å². The number of carbonyl (C=O) groups excluding carboxylic acids is 1. The fourth-order valence-electron chi connectivity index (χ4n) is 1.41. The van der Waals surface area contributed by atoms with Crippen molar-refractivity contribution in [3.8, 4) is 5.69 Å². The van der Waals surface area contributed by atoms with Crippen molar-refractivity contribution in [2.75, 3.05) is 5.32 Å². The van der Waals surface area contributed by atoms with Crippen LogP contribution in [0.25, 0.3) is 5.69 Å². The van der Waals surface area contributed by atoms with Crippen LogP contribution in [-0.2, 0) is 4.79 Å². The molecule has 1 heterocycles. The van der Waals surface area contributed by atoms with E-state index >= 15 is 0 Å². The zero-order valence-electron chi connectivity index (χ0n) is 10.9. The molecule has 3 N–H and O–H groups in total. The van der Waals surface area contributed by atoms with Crippen LogP contribution in [-0.4, -0.2) is 31.7 Å². The van der Waals surface area contributed by atoms with Crippen molar-refractivity contribution in [1.29, 1.82) is 0 Å². The SMILES string of the molecule is CCC(C)(N)C(=O)Nc1ccc(-n2cnnn2)cc1. The Morgan fingerprint density at radius 2 is 2.11 bits per heavy atom. The van der Waals surface area contributed by atoms with Crippen LogP contribution < -0.4 is 11.1 Å². The van der Waals surface area contributed by atoms with Crippen molar-refractivity contribution >= 4 is 11.6 Å². The summed E-state index contributed by atoms with van der Waals surface area (Å²) >= 11 is 0. The third kappa shape index (κ3) is 2.94. The van der Waals surface area contributed by atoms with E-state index in [9.17, 15) is 4.79 Å². The topological polar surface area (TPSA) is 98.7 Å². The van der Waals surface area contributed by atoms with Gasteiger partial charge in [-0.2, -0.15) is 0 Å². The van der Waals surface area contributed by atoms with Crippen LogP contribution in [0.2, 0.25) is 0 Å². The molecule has 0 bridgehead atoms. The number of hydrogen-bond donors (Lipinski definition) is 2. The Morgan fingerprint density at radius 3 is 2.63 bits per heavy atom. The minimum atomic E-state index is -0.867. The van der Waals surface area contributed by atoms with Gasteiger partial charge in [-0.1, -0.05) is 6.92 Å². The normalized spacial score (nSPS) is 13.8. The summed E-state index contributed by atoms with van der Waals surface area (Å²) in [5, 5.41) is 13.7. The molecular formula is C12H16N6O. The van der Waals surface area contributed by atoms with E-state index in [0.29, 0.717) is 12.1 Å². The Kier molecular flexibility index (Phi) is 3.57. The van der Waals surface area contributed by atoms with Gasteiger partial charge in [0.2, 0.25) is 5.91 Å². The number of anilines is 1. The molecule has 100 valence electrons. The van der Waals surface area contributed by atoms with Crippen molar-refractivity contribution in [3.05, 3.63) is 30.6 Å². The van der Waals surface area contributed by atoms with Gasteiger partial charge in [0, 0.05) is 5.69 Å². The zero-order chi connectivity index (χ0) is 13.9. The van der Waals surface area contributed by atoms with Gasteiger partial charge in [-0.3, -0.25) is 4.79 Å². The highest BCUT2D eigenvalue weighted by Gasteiger charge is 2.25. The highest BCUT2D eigenvalue weighted by molar-refractivity contribution is 5.97. The van der Waals surface area contributed by atoms with Crippen LogP contribution in [0, 0.1) is 0 Å². The molecule has 1 atom stereocenters. The van der Waals surface area contributed by atoms with Crippen LogP contribution in [0.15, 0.2) is 30.6 Å². The molecule has 1 aromatic heterocycles. The average Bonchev–Trinajstić information content (AvgIpc) is 2.93. The second kappa shape index (κ2) is 5.15. The summed E-state index contributed by atoms with van der Waals surface area (Å²) in [6.45, 7) is 3.58. The summed E-state index contributed by atoms with van der Waals surface area (Å²) in [4.78, 5) is 11.9. The molecule has 1 unspecified atom stereocenters. The molecule has 7 heteroatoms. The fourth-order valence-corrected chi connectivity index (χ4v) is 1.41. The lowest BCUT2D eigenvalue weighted by Gasteiger charge is -2.21. The predicted molar refractivity (Wildman–Crippen MR) is 70.7 cm³/mol. The van der Waals surface area contributed by atoms with Crippen molar-refractivity contribution in [2.24, 2.45) is 5.73 Å². The van der Waals surface area contributed by atoms with E-state index in [1.807, 2.05) is 19.1 Å². The third-order valence-corrected chi connectivity index (χ3v) is 2.99. The van der Waals surface area contributed by atoms with Gasteiger partial charge in [0.05, 0.1) is 11.2 Å². The average molecular weight is 260 g/mol. The molecule has 2 rings (SSSR count). The maximum Gasteiger partial charge on any atom is 0.244 e. The molecule has 0 saturated carbocycles. The number of amides is 1. The monoisotopic (exact) mass is 260 g/mol. The number of benzene rings is 1. The van der Waals surface area contributed by atoms with Gasteiger partial charge in [0.15, 0.2) is 0 Å². The number of tetrazole rings is 1. The Morgan fingerprint density at radius 1 is 1.42 bits per heavy atom. The van der Waals surface area contributed by atoms with E-state index in [1.54, 1.807) is 19.1 Å². The van der Waals surface area contributed by atoms with E-state index in [4.69, 9.17) is 5.73 Å². The first-order chi connectivity index (χ1) is 9.03. The largest absolute Gasteiger partial charge is 0.325 e. The van der Waals surface area contributed by atoms with Crippen LogP contribution in [0.4, 0.5) is 5.69 Å². The Balaban J connectivity index is 2.10. The molecule has 0 aliphatic rings. The van der Waals surface area contributed by atoms with E-state index in [-0.39, 0.29) is 5.91 Å². The molecule has 1 amide bonds. The summed E-state index contributed by atoms with van der Waals surface area (Å²) in [6, 6.07) is 7.18. The minimum absolute atomic E-state index is 0.204. The molecule has 0 spiro atoms. The van der Waals surface area contributed by atoms with Gasteiger partial charge in [0.1, 0.15) is 6.33 Å². The number of hydrogen-bond acceptors (Lipinski definition) is 5. The quantitative estimate of drug-likeness (QED) is 0.844. The fraction of sp³-hybridized carbons (Fsp3) is 0.333. The smallest absolute Gasteiger partial charge is 0.244 e. The van der Waals surface area contributed by atoms with E-state index in [0.717, 1.165) is 5.69 Å². The van der Waals surface area contributed by atoms with E-state index in [2.05, 4.69) is 20.8 Å². The molecule has 0 aliphatic carbocycles. The van der Waals surface area contributed by atoms with Gasteiger partial charge in [0.25, 0.3) is 0 Å². The number of nitrogens with one attached hydrogen (secondary N) is 1. The van der Waals surface area contributed by atoms with E-state index in [1.165, 1.54) is 11.0 Å².